The highest BCUT2D eigenvalue weighted by Crippen LogP contribution is 2.44. The molecule has 27 heavy (non-hydrogen) atoms. The summed E-state index contributed by atoms with van der Waals surface area (Å²) in [6.07, 6.45) is 1.34. The Labute approximate surface area is 164 Å². The molecule has 0 heterocycles. The van der Waals surface area contributed by atoms with E-state index < -0.39 is 6.09 Å². The third-order valence-electron chi connectivity index (χ3n) is 4.79. The van der Waals surface area contributed by atoms with Gasteiger partial charge in [0.2, 0.25) is 0 Å². The Morgan fingerprint density at radius 2 is 1.67 bits per heavy atom. The number of thioether (sulfide) groups is 1. The molecule has 3 rings (SSSR count). The summed E-state index contributed by atoms with van der Waals surface area (Å²) in [5.41, 5.74) is 4.82. The van der Waals surface area contributed by atoms with Crippen molar-refractivity contribution in [2.75, 3.05) is 12.4 Å². The van der Waals surface area contributed by atoms with Gasteiger partial charge in [-0.3, -0.25) is 4.79 Å². The lowest BCUT2D eigenvalue weighted by molar-refractivity contribution is -0.109. The monoisotopic (exact) mass is 383 g/mol. The number of hydrogen-bond donors (Lipinski definition) is 1. The Bertz CT molecular complexity index is 775. The zero-order valence-corrected chi connectivity index (χ0v) is 16.6. The molecule has 1 amide bonds. The Morgan fingerprint density at radius 3 is 2.22 bits per heavy atom. The van der Waals surface area contributed by atoms with Crippen LogP contribution < -0.4 is 5.32 Å². The van der Waals surface area contributed by atoms with E-state index in [1.807, 2.05) is 24.3 Å². The predicted molar refractivity (Wildman–Crippen MR) is 110 cm³/mol. The quantitative estimate of drug-likeness (QED) is 0.733. The number of amides is 1. The second-order valence-electron chi connectivity index (χ2n) is 6.76. The summed E-state index contributed by atoms with van der Waals surface area (Å²) in [5, 5.41) is 2.97. The van der Waals surface area contributed by atoms with Gasteiger partial charge < -0.3 is 10.1 Å². The van der Waals surface area contributed by atoms with Crippen molar-refractivity contribution < 1.29 is 14.3 Å². The molecule has 0 saturated carbocycles. The van der Waals surface area contributed by atoms with E-state index in [9.17, 15) is 9.59 Å². The van der Waals surface area contributed by atoms with Crippen LogP contribution in [-0.2, 0) is 9.53 Å². The molecule has 1 aliphatic carbocycles. The maximum absolute atomic E-state index is 12.3. The number of benzene rings is 2. The van der Waals surface area contributed by atoms with Gasteiger partial charge >= 0.3 is 6.09 Å². The van der Waals surface area contributed by atoms with Crippen LogP contribution in [0.15, 0.2) is 48.5 Å². The van der Waals surface area contributed by atoms with E-state index >= 15 is 0 Å². The van der Waals surface area contributed by atoms with Gasteiger partial charge in [0, 0.05) is 24.6 Å². The zero-order chi connectivity index (χ0) is 19.2. The van der Waals surface area contributed by atoms with Gasteiger partial charge in [-0.05, 0) is 28.7 Å². The van der Waals surface area contributed by atoms with Crippen LogP contribution in [-0.4, -0.2) is 29.6 Å². The van der Waals surface area contributed by atoms with E-state index in [2.05, 4.69) is 36.5 Å². The molecule has 0 unspecified atom stereocenters. The predicted octanol–water partition coefficient (Wildman–Crippen LogP) is 4.97. The molecule has 0 fully saturated rings. The molecule has 5 heteroatoms. The minimum atomic E-state index is -0.417. The number of nitrogens with one attached hydrogen (secondary N) is 1. The van der Waals surface area contributed by atoms with Gasteiger partial charge in [-0.1, -0.05) is 73.6 Å². The first kappa shape index (κ1) is 19.5. The van der Waals surface area contributed by atoms with E-state index in [0.29, 0.717) is 12.4 Å². The zero-order valence-electron chi connectivity index (χ0n) is 15.7. The first-order chi connectivity index (χ1) is 13.1. The number of fused-ring (bicyclic) bond motifs is 3. The molecule has 1 atom stereocenters. The first-order valence-corrected chi connectivity index (χ1v) is 10.3. The van der Waals surface area contributed by atoms with Crippen molar-refractivity contribution in [2.45, 2.75) is 38.6 Å². The minimum Gasteiger partial charge on any atom is -0.449 e. The number of carbonyl (C=O) groups is 2. The highest BCUT2D eigenvalue weighted by Gasteiger charge is 2.29. The lowest BCUT2D eigenvalue weighted by Crippen LogP contribution is -2.37. The Morgan fingerprint density at radius 1 is 1.07 bits per heavy atom. The van der Waals surface area contributed by atoms with Gasteiger partial charge in [-0.2, -0.15) is 0 Å². The molecule has 4 nitrogen and oxygen atoms in total. The second-order valence-corrected chi connectivity index (χ2v) is 7.95. The fourth-order valence-corrected chi connectivity index (χ4v) is 4.26. The van der Waals surface area contributed by atoms with E-state index in [1.54, 1.807) is 6.92 Å². The van der Waals surface area contributed by atoms with Gasteiger partial charge in [0.05, 0.1) is 0 Å². The largest absolute Gasteiger partial charge is 0.449 e. The number of hydrogen-bond acceptors (Lipinski definition) is 4. The molecule has 0 saturated heterocycles. The van der Waals surface area contributed by atoms with Gasteiger partial charge in [-0.15, -0.1) is 0 Å². The maximum Gasteiger partial charge on any atom is 0.407 e. The van der Waals surface area contributed by atoms with Gasteiger partial charge in [0.25, 0.3) is 0 Å². The summed E-state index contributed by atoms with van der Waals surface area (Å²) in [7, 11) is 0. The molecule has 2 aromatic rings. The Balaban J connectivity index is 1.64. The standard InChI is InChI=1S/C22H25NO3S/c1-3-8-16(14-27-15(2)24)23-22(25)26-13-21-19-11-6-4-9-17(19)18-10-5-7-12-20(18)21/h4-7,9-12,16,21H,3,8,13-14H2,1-2H3,(H,23,25)/t16-/m0/s1. The van der Waals surface area contributed by atoms with E-state index in [-0.39, 0.29) is 17.1 Å². The normalized spacial score (nSPS) is 13.6. The topological polar surface area (TPSA) is 55.4 Å². The third kappa shape index (κ3) is 4.72. The number of carbonyl (C=O) groups excluding carboxylic acids is 2. The van der Waals surface area contributed by atoms with Crippen molar-refractivity contribution in [2.24, 2.45) is 0 Å². The highest BCUT2D eigenvalue weighted by molar-refractivity contribution is 8.13. The van der Waals surface area contributed by atoms with Crippen molar-refractivity contribution in [1.82, 2.24) is 5.32 Å². The second kappa shape index (κ2) is 9.09. The van der Waals surface area contributed by atoms with Crippen LogP contribution >= 0.6 is 11.8 Å². The molecule has 1 aliphatic rings. The molecule has 0 spiro atoms. The van der Waals surface area contributed by atoms with Crippen molar-refractivity contribution in [3.8, 4) is 11.1 Å². The molecule has 0 radical (unpaired) electrons. The van der Waals surface area contributed by atoms with Crippen molar-refractivity contribution in [3.05, 3.63) is 59.7 Å². The molecule has 1 N–H and O–H groups in total. The number of alkyl carbamates (subject to hydrolysis) is 1. The van der Waals surface area contributed by atoms with Crippen LogP contribution in [0.5, 0.6) is 0 Å². The molecule has 0 aromatic heterocycles. The molecular weight excluding hydrogens is 358 g/mol. The van der Waals surface area contributed by atoms with Crippen LogP contribution in [0.3, 0.4) is 0 Å². The smallest absolute Gasteiger partial charge is 0.407 e. The van der Waals surface area contributed by atoms with Crippen molar-refractivity contribution >= 4 is 23.0 Å². The van der Waals surface area contributed by atoms with Crippen LogP contribution in [0.25, 0.3) is 11.1 Å². The molecule has 142 valence electrons. The maximum atomic E-state index is 12.3. The Kier molecular flexibility index (Phi) is 6.56. The average Bonchev–Trinajstić information content (AvgIpc) is 2.98. The summed E-state index contributed by atoms with van der Waals surface area (Å²) >= 11 is 1.24. The van der Waals surface area contributed by atoms with Crippen molar-refractivity contribution in [3.63, 3.8) is 0 Å². The molecule has 0 aliphatic heterocycles. The van der Waals surface area contributed by atoms with Crippen LogP contribution in [0.1, 0.15) is 43.7 Å². The molecule has 2 aromatic carbocycles. The first-order valence-electron chi connectivity index (χ1n) is 9.35. The summed E-state index contributed by atoms with van der Waals surface area (Å²) in [6.45, 7) is 3.91. The lowest BCUT2D eigenvalue weighted by atomic mass is 9.98. The minimum absolute atomic E-state index is 0.0550. The highest BCUT2D eigenvalue weighted by atomic mass is 32.2. The average molecular weight is 384 g/mol. The van der Waals surface area contributed by atoms with Gasteiger partial charge in [0.1, 0.15) is 6.61 Å². The van der Waals surface area contributed by atoms with E-state index in [0.717, 1.165) is 12.8 Å². The molecular formula is C22H25NO3S. The SMILES string of the molecule is CCC[C@@H](CSC(C)=O)NC(=O)OCC1c2ccccc2-c2ccccc21. The number of rotatable bonds is 7. The fourth-order valence-electron chi connectivity index (χ4n) is 3.57. The fraction of sp³-hybridized carbons (Fsp3) is 0.364. The van der Waals surface area contributed by atoms with Crippen LogP contribution in [0.4, 0.5) is 4.79 Å². The molecule has 0 bridgehead atoms. The number of ether oxygens (including phenoxy) is 1. The van der Waals surface area contributed by atoms with Crippen LogP contribution in [0, 0.1) is 0 Å². The summed E-state index contributed by atoms with van der Waals surface area (Å²) in [5.74, 6) is 0.632. The lowest BCUT2D eigenvalue weighted by Gasteiger charge is -2.19. The van der Waals surface area contributed by atoms with Gasteiger partial charge in [-0.25, -0.2) is 4.79 Å². The van der Waals surface area contributed by atoms with Gasteiger partial charge in [0.15, 0.2) is 5.12 Å². The summed E-state index contributed by atoms with van der Waals surface area (Å²) < 4.78 is 5.58. The van der Waals surface area contributed by atoms with E-state index in [1.165, 1.54) is 34.0 Å². The third-order valence-corrected chi connectivity index (χ3v) is 5.77. The summed E-state index contributed by atoms with van der Waals surface area (Å²) in [6, 6.07) is 16.5. The Hall–Kier alpha value is -2.27. The van der Waals surface area contributed by atoms with E-state index in [4.69, 9.17) is 4.74 Å². The van der Waals surface area contributed by atoms with Crippen molar-refractivity contribution in [1.29, 1.82) is 0 Å². The summed E-state index contributed by atoms with van der Waals surface area (Å²) in [4.78, 5) is 23.5. The van der Waals surface area contributed by atoms with Crippen LogP contribution in [0.2, 0.25) is 0 Å².